The molecule has 5 nitrogen and oxygen atoms in total. The third-order valence-electron chi connectivity index (χ3n) is 6.44. The summed E-state index contributed by atoms with van der Waals surface area (Å²) in [6.45, 7) is 3.80. The van der Waals surface area contributed by atoms with Gasteiger partial charge in [0.15, 0.2) is 6.35 Å². The summed E-state index contributed by atoms with van der Waals surface area (Å²) in [7, 11) is 0. The predicted molar refractivity (Wildman–Crippen MR) is 111 cm³/mol. The standard InChI is InChI=1S/C23H28N4O/c1-2-25-23(19-9-4-3-5-10-19)14-12-22(13-15-23)17-27(21(28)26-22)20-11-7-6-8-18(20)16-24/h3-11,21,25-26,28H,2,12-15,17H2,1H3. The van der Waals surface area contributed by atoms with Crippen molar-refractivity contribution >= 4 is 5.69 Å². The summed E-state index contributed by atoms with van der Waals surface area (Å²) in [5.41, 5.74) is 2.61. The van der Waals surface area contributed by atoms with Gasteiger partial charge in [0.2, 0.25) is 0 Å². The van der Waals surface area contributed by atoms with E-state index in [1.165, 1.54) is 5.56 Å². The van der Waals surface area contributed by atoms with E-state index >= 15 is 0 Å². The summed E-state index contributed by atoms with van der Waals surface area (Å²) in [5, 5.41) is 27.3. The Bertz CT molecular complexity index is 852. The molecule has 3 N–H and O–H groups in total. The Morgan fingerprint density at radius 1 is 1.11 bits per heavy atom. The van der Waals surface area contributed by atoms with Gasteiger partial charge in [-0.05, 0) is 49.9 Å². The zero-order valence-electron chi connectivity index (χ0n) is 16.4. The lowest BCUT2D eigenvalue weighted by molar-refractivity contribution is 0.106. The van der Waals surface area contributed by atoms with E-state index in [2.05, 4.69) is 54.0 Å². The molecule has 2 fully saturated rings. The van der Waals surface area contributed by atoms with Gasteiger partial charge in [-0.1, -0.05) is 49.4 Å². The van der Waals surface area contributed by atoms with Gasteiger partial charge in [-0.3, -0.25) is 5.32 Å². The van der Waals surface area contributed by atoms with Gasteiger partial charge in [0.25, 0.3) is 0 Å². The molecule has 1 atom stereocenters. The van der Waals surface area contributed by atoms with Gasteiger partial charge in [0.1, 0.15) is 6.07 Å². The van der Waals surface area contributed by atoms with Crippen LogP contribution < -0.4 is 15.5 Å². The molecule has 4 rings (SSSR count). The molecule has 28 heavy (non-hydrogen) atoms. The molecule has 5 heteroatoms. The number of aliphatic hydroxyl groups is 1. The van der Waals surface area contributed by atoms with E-state index in [1.807, 2.05) is 23.1 Å². The molecule has 1 saturated heterocycles. The van der Waals surface area contributed by atoms with E-state index in [1.54, 1.807) is 6.07 Å². The smallest absolute Gasteiger partial charge is 0.184 e. The van der Waals surface area contributed by atoms with Crippen molar-refractivity contribution in [2.24, 2.45) is 0 Å². The van der Waals surface area contributed by atoms with E-state index in [0.29, 0.717) is 12.1 Å². The fourth-order valence-corrected chi connectivity index (χ4v) is 4.97. The van der Waals surface area contributed by atoms with Crippen LogP contribution in [0.1, 0.15) is 43.7 Å². The van der Waals surface area contributed by atoms with Crippen LogP contribution in [0.2, 0.25) is 0 Å². The Kier molecular flexibility index (Phi) is 5.11. The summed E-state index contributed by atoms with van der Waals surface area (Å²) in [5.74, 6) is 0. The number of nitrogens with zero attached hydrogens (tertiary/aromatic N) is 2. The average Bonchev–Trinajstić information content (AvgIpc) is 3.06. The van der Waals surface area contributed by atoms with Gasteiger partial charge in [-0.25, -0.2) is 0 Å². The SMILES string of the molecule is CCNC1(c2ccccc2)CCC2(CC1)CN(c1ccccc1C#N)C(O)N2. The topological polar surface area (TPSA) is 71.3 Å². The second-order valence-electron chi connectivity index (χ2n) is 8.03. The minimum Gasteiger partial charge on any atom is -0.361 e. The van der Waals surface area contributed by atoms with E-state index in [0.717, 1.165) is 37.9 Å². The van der Waals surface area contributed by atoms with Crippen molar-refractivity contribution in [1.29, 1.82) is 5.26 Å². The van der Waals surface area contributed by atoms with Crippen molar-refractivity contribution in [1.82, 2.24) is 10.6 Å². The fraction of sp³-hybridized carbons (Fsp3) is 0.435. The molecule has 1 unspecified atom stereocenters. The number of nitrogens with one attached hydrogen (secondary N) is 2. The molecule has 0 bridgehead atoms. The lowest BCUT2D eigenvalue weighted by atomic mass is 9.69. The molecule has 2 aromatic carbocycles. The second-order valence-corrected chi connectivity index (χ2v) is 8.03. The Morgan fingerprint density at radius 3 is 2.46 bits per heavy atom. The average molecular weight is 377 g/mol. The van der Waals surface area contributed by atoms with Crippen molar-refractivity contribution in [3.63, 3.8) is 0 Å². The van der Waals surface area contributed by atoms with Crippen molar-refractivity contribution in [3.8, 4) is 6.07 Å². The lowest BCUT2D eigenvalue weighted by Gasteiger charge is -2.45. The molecule has 0 radical (unpaired) electrons. The third kappa shape index (κ3) is 3.29. The van der Waals surface area contributed by atoms with Gasteiger partial charge in [-0.15, -0.1) is 0 Å². The van der Waals surface area contributed by atoms with E-state index in [9.17, 15) is 10.4 Å². The Morgan fingerprint density at radius 2 is 1.79 bits per heavy atom. The molecule has 2 aliphatic rings. The van der Waals surface area contributed by atoms with E-state index < -0.39 is 6.35 Å². The normalized spacial score (nSPS) is 29.8. The number of benzene rings is 2. The summed E-state index contributed by atoms with van der Waals surface area (Å²) in [4.78, 5) is 1.93. The molecule has 146 valence electrons. The molecule has 0 aromatic heterocycles. The van der Waals surface area contributed by atoms with Crippen LogP contribution in [0.4, 0.5) is 5.69 Å². The molecule has 0 amide bonds. The largest absolute Gasteiger partial charge is 0.361 e. The van der Waals surface area contributed by atoms with Crippen LogP contribution in [0.5, 0.6) is 0 Å². The first-order valence-electron chi connectivity index (χ1n) is 10.1. The molecule has 2 aromatic rings. The fourth-order valence-electron chi connectivity index (χ4n) is 4.97. The first-order valence-corrected chi connectivity index (χ1v) is 10.1. The van der Waals surface area contributed by atoms with Crippen LogP contribution >= 0.6 is 0 Å². The molecule has 1 heterocycles. The minimum atomic E-state index is -0.766. The number of hydrogen-bond acceptors (Lipinski definition) is 5. The number of rotatable bonds is 4. The van der Waals surface area contributed by atoms with Crippen molar-refractivity contribution in [3.05, 3.63) is 65.7 Å². The van der Waals surface area contributed by atoms with Gasteiger partial charge in [-0.2, -0.15) is 5.26 Å². The number of nitriles is 1. The van der Waals surface area contributed by atoms with Crippen molar-refractivity contribution < 1.29 is 5.11 Å². The van der Waals surface area contributed by atoms with Crippen LogP contribution in [0.3, 0.4) is 0 Å². The van der Waals surface area contributed by atoms with E-state index in [4.69, 9.17) is 0 Å². The summed E-state index contributed by atoms with van der Waals surface area (Å²) in [6.07, 6.45) is 3.20. The maximum Gasteiger partial charge on any atom is 0.184 e. The first kappa shape index (κ1) is 18.9. The van der Waals surface area contributed by atoms with E-state index in [-0.39, 0.29) is 11.1 Å². The number of aliphatic hydroxyl groups excluding tert-OH is 1. The number of para-hydroxylation sites is 1. The molecule has 1 spiro atoms. The Hall–Kier alpha value is -2.39. The Balaban J connectivity index is 1.55. The second kappa shape index (κ2) is 7.56. The van der Waals surface area contributed by atoms with Gasteiger partial charge in [0, 0.05) is 17.6 Å². The minimum absolute atomic E-state index is 0.00806. The highest BCUT2D eigenvalue weighted by Gasteiger charge is 2.49. The number of hydrogen-bond donors (Lipinski definition) is 3. The monoisotopic (exact) mass is 376 g/mol. The Labute approximate surface area is 167 Å². The maximum absolute atomic E-state index is 10.7. The van der Waals surface area contributed by atoms with Crippen LogP contribution in [-0.2, 0) is 5.54 Å². The third-order valence-corrected chi connectivity index (χ3v) is 6.44. The summed E-state index contributed by atoms with van der Waals surface area (Å²) in [6, 6.07) is 20.5. The molecule has 1 saturated carbocycles. The summed E-state index contributed by atoms with van der Waals surface area (Å²) >= 11 is 0. The zero-order valence-corrected chi connectivity index (χ0v) is 16.4. The maximum atomic E-state index is 10.7. The van der Waals surface area contributed by atoms with Crippen LogP contribution in [0.15, 0.2) is 54.6 Å². The quantitative estimate of drug-likeness (QED) is 0.765. The van der Waals surface area contributed by atoms with Gasteiger partial charge in [0.05, 0.1) is 11.3 Å². The molecular weight excluding hydrogens is 348 g/mol. The highest BCUT2D eigenvalue weighted by Crippen LogP contribution is 2.44. The van der Waals surface area contributed by atoms with Gasteiger partial charge >= 0.3 is 0 Å². The predicted octanol–water partition coefficient (Wildman–Crippen LogP) is 3.06. The zero-order chi connectivity index (χ0) is 19.6. The highest BCUT2D eigenvalue weighted by molar-refractivity contribution is 5.60. The van der Waals surface area contributed by atoms with Crippen LogP contribution in [-0.4, -0.2) is 30.1 Å². The highest BCUT2D eigenvalue weighted by atomic mass is 16.3. The van der Waals surface area contributed by atoms with Crippen molar-refractivity contribution in [2.45, 2.75) is 50.0 Å². The molecule has 1 aliphatic heterocycles. The van der Waals surface area contributed by atoms with Crippen LogP contribution in [0, 0.1) is 11.3 Å². The number of anilines is 1. The summed E-state index contributed by atoms with van der Waals surface area (Å²) < 4.78 is 0. The van der Waals surface area contributed by atoms with Crippen molar-refractivity contribution in [2.75, 3.05) is 18.0 Å². The molecule has 1 aliphatic carbocycles. The van der Waals surface area contributed by atoms with Gasteiger partial charge < -0.3 is 15.3 Å². The lowest BCUT2D eigenvalue weighted by Crippen LogP contribution is -2.54. The molecular formula is C23H28N4O. The van der Waals surface area contributed by atoms with Crippen LogP contribution in [0.25, 0.3) is 0 Å². The first-order chi connectivity index (χ1) is 13.6.